The second-order valence-corrected chi connectivity index (χ2v) is 6.31. The van der Waals surface area contributed by atoms with Crippen LogP contribution in [0.5, 0.6) is 5.75 Å². The second-order valence-electron chi connectivity index (χ2n) is 6.31. The van der Waals surface area contributed by atoms with Gasteiger partial charge >= 0.3 is 6.36 Å². The maximum Gasteiger partial charge on any atom is 0.573 e. The van der Waals surface area contributed by atoms with Crippen molar-refractivity contribution >= 4 is 10.9 Å². The van der Waals surface area contributed by atoms with E-state index < -0.39 is 23.4 Å². The van der Waals surface area contributed by atoms with Crippen LogP contribution in [-0.4, -0.2) is 21.1 Å². The minimum Gasteiger partial charge on any atom is -0.406 e. The van der Waals surface area contributed by atoms with Crippen molar-refractivity contribution in [1.82, 2.24) is 14.7 Å². The van der Waals surface area contributed by atoms with Gasteiger partial charge in [-0.2, -0.15) is 4.98 Å². The number of hydrogen-bond donors (Lipinski definition) is 0. The molecule has 2 aromatic carbocycles. The Balaban J connectivity index is 1.73. The third-order valence-electron chi connectivity index (χ3n) is 4.39. The highest BCUT2D eigenvalue weighted by Gasteiger charge is 2.31. The summed E-state index contributed by atoms with van der Waals surface area (Å²) in [4.78, 5) is 17.0. The standard InChI is InChI=1S/C20H13F4N3O3/c1-2-27-10-15(17(28)14-9-12(21)5-8-16(14)27)19-25-18(26-30-19)11-3-6-13(7-4-11)29-20(22,23)24/h3-10H,2H2,1H3. The molecule has 0 aliphatic rings. The van der Waals surface area contributed by atoms with Crippen molar-refractivity contribution in [3.63, 3.8) is 0 Å². The highest BCUT2D eigenvalue weighted by Crippen LogP contribution is 2.27. The number of benzene rings is 2. The smallest absolute Gasteiger partial charge is 0.406 e. The van der Waals surface area contributed by atoms with Gasteiger partial charge in [-0.05, 0) is 49.4 Å². The van der Waals surface area contributed by atoms with Crippen molar-refractivity contribution < 1.29 is 26.8 Å². The quantitative estimate of drug-likeness (QED) is 0.446. The third kappa shape index (κ3) is 3.76. The number of rotatable bonds is 4. The van der Waals surface area contributed by atoms with Crippen molar-refractivity contribution in [2.75, 3.05) is 0 Å². The van der Waals surface area contributed by atoms with Gasteiger partial charge in [-0.3, -0.25) is 4.79 Å². The number of aromatic nitrogens is 3. The maximum absolute atomic E-state index is 13.7. The number of pyridine rings is 1. The monoisotopic (exact) mass is 419 g/mol. The highest BCUT2D eigenvalue weighted by molar-refractivity contribution is 5.83. The molecule has 0 saturated heterocycles. The molecular weight excluding hydrogens is 406 g/mol. The first-order chi connectivity index (χ1) is 14.2. The molecular formula is C20H13F4N3O3. The molecule has 4 rings (SSSR count). The lowest BCUT2D eigenvalue weighted by molar-refractivity contribution is -0.274. The van der Waals surface area contributed by atoms with Crippen LogP contribution in [0.15, 0.2) is 58.0 Å². The van der Waals surface area contributed by atoms with E-state index in [1.54, 1.807) is 10.8 Å². The Morgan fingerprint density at radius 2 is 1.87 bits per heavy atom. The van der Waals surface area contributed by atoms with Gasteiger partial charge < -0.3 is 13.8 Å². The summed E-state index contributed by atoms with van der Waals surface area (Å²) in [7, 11) is 0. The van der Waals surface area contributed by atoms with Crippen LogP contribution >= 0.6 is 0 Å². The van der Waals surface area contributed by atoms with Gasteiger partial charge in [0.15, 0.2) is 0 Å². The number of fused-ring (bicyclic) bond motifs is 1. The minimum absolute atomic E-state index is 0.0744. The Bertz CT molecular complexity index is 1280. The fourth-order valence-electron chi connectivity index (χ4n) is 3.04. The van der Waals surface area contributed by atoms with Gasteiger partial charge in [0.1, 0.15) is 17.1 Å². The fraction of sp³-hybridized carbons (Fsp3) is 0.150. The number of halogens is 4. The zero-order valence-corrected chi connectivity index (χ0v) is 15.4. The molecule has 0 saturated carbocycles. The van der Waals surface area contributed by atoms with Gasteiger partial charge in [0.25, 0.3) is 5.89 Å². The van der Waals surface area contributed by atoms with Crippen LogP contribution < -0.4 is 10.2 Å². The lowest BCUT2D eigenvalue weighted by Crippen LogP contribution is -2.16. The lowest BCUT2D eigenvalue weighted by Gasteiger charge is -2.09. The first-order valence-electron chi connectivity index (χ1n) is 8.78. The van der Waals surface area contributed by atoms with Crippen LogP contribution in [0.2, 0.25) is 0 Å². The van der Waals surface area contributed by atoms with E-state index in [9.17, 15) is 22.4 Å². The summed E-state index contributed by atoms with van der Waals surface area (Å²) in [5, 5.41) is 3.96. The van der Waals surface area contributed by atoms with E-state index in [1.807, 2.05) is 6.92 Å². The summed E-state index contributed by atoms with van der Waals surface area (Å²) in [6, 6.07) is 8.81. The highest BCUT2D eigenvalue weighted by atomic mass is 19.4. The van der Waals surface area contributed by atoms with Crippen LogP contribution in [0, 0.1) is 5.82 Å². The van der Waals surface area contributed by atoms with E-state index in [2.05, 4.69) is 14.9 Å². The summed E-state index contributed by atoms with van der Waals surface area (Å²) >= 11 is 0. The normalized spacial score (nSPS) is 11.8. The largest absolute Gasteiger partial charge is 0.573 e. The molecule has 0 amide bonds. The van der Waals surface area contributed by atoms with Crippen molar-refractivity contribution in [1.29, 1.82) is 0 Å². The summed E-state index contributed by atoms with van der Waals surface area (Å²) in [6.07, 6.45) is -3.25. The molecule has 0 atom stereocenters. The van der Waals surface area contributed by atoms with Crippen molar-refractivity contribution in [2.45, 2.75) is 19.8 Å². The SMILES string of the molecule is CCn1cc(-c2nc(-c3ccc(OC(F)(F)F)cc3)no2)c(=O)c2cc(F)ccc21. The van der Waals surface area contributed by atoms with Gasteiger partial charge in [-0.1, -0.05) is 5.16 Å². The zero-order chi connectivity index (χ0) is 21.5. The van der Waals surface area contributed by atoms with Gasteiger partial charge in [-0.15, -0.1) is 13.2 Å². The van der Waals surface area contributed by atoms with Crippen LogP contribution in [-0.2, 0) is 6.54 Å². The number of aryl methyl sites for hydroxylation is 1. The molecule has 0 spiro atoms. The van der Waals surface area contributed by atoms with Crippen LogP contribution in [0.25, 0.3) is 33.7 Å². The number of alkyl halides is 3. The molecule has 0 unspecified atom stereocenters. The Morgan fingerprint density at radius 1 is 1.13 bits per heavy atom. The Morgan fingerprint density at radius 3 is 2.53 bits per heavy atom. The molecule has 0 aliphatic heterocycles. The molecule has 10 heteroatoms. The Labute approximate surface area is 166 Å². The predicted molar refractivity (Wildman–Crippen MR) is 99.3 cm³/mol. The van der Waals surface area contributed by atoms with E-state index in [1.165, 1.54) is 24.3 Å². The van der Waals surface area contributed by atoms with E-state index in [-0.39, 0.29) is 22.7 Å². The zero-order valence-electron chi connectivity index (χ0n) is 15.4. The van der Waals surface area contributed by atoms with Crippen LogP contribution in [0.1, 0.15) is 6.92 Å². The molecule has 6 nitrogen and oxygen atoms in total. The molecule has 0 fully saturated rings. The molecule has 0 radical (unpaired) electrons. The first kappa shape index (κ1) is 19.6. The molecule has 0 N–H and O–H groups in total. The topological polar surface area (TPSA) is 70.2 Å². The van der Waals surface area contributed by atoms with Gasteiger partial charge in [0.2, 0.25) is 11.3 Å². The number of ether oxygens (including phenoxy) is 1. The van der Waals surface area contributed by atoms with E-state index in [0.717, 1.165) is 18.2 Å². The first-order valence-corrected chi connectivity index (χ1v) is 8.78. The molecule has 0 bridgehead atoms. The third-order valence-corrected chi connectivity index (χ3v) is 4.39. The van der Waals surface area contributed by atoms with E-state index in [4.69, 9.17) is 4.52 Å². The molecule has 154 valence electrons. The lowest BCUT2D eigenvalue weighted by atomic mass is 10.1. The molecule has 2 aromatic heterocycles. The summed E-state index contributed by atoms with van der Waals surface area (Å²) in [5.74, 6) is -0.950. The average molecular weight is 419 g/mol. The van der Waals surface area contributed by atoms with Crippen molar-refractivity contribution in [2.24, 2.45) is 0 Å². The van der Waals surface area contributed by atoms with Crippen LogP contribution in [0.4, 0.5) is 17.6 Å². The minimum atomic E-state index is -4.80. The van der Waals surface area contributed by atoms with Gasteiger partial charge in [0, 0.05) is 23.7 Å². The average Bonchev–Trinajstić information content (AvgIpc) is 3.18. The molecule has 2 heterocycles. The van der Waals surface area contributed by atoms with Gasteiger partial charge in [-0.25, -0.2) is 4.39 Å². The summed E-state index contributed by atoms with van der Waals surface area (Å²) in [6.45, 7) is 2.37. The Kier molecular flexibility index (Phi) is 4.76. The maximum atomic E-state index is 13.7. The molecule has 0 aliphatic carbocycles. The van der Waals surface area contributed by atoms with E-state index >= 15 is 0 Å². The number of hydrogen-bond acceptors (Lipinski definition) is 5. The van der Waals surface area contributed by atoms with E-state index in [0.29, 0.717) is 17.6 Å². The summed E-state index contributed by atoms with van der Waals surface area (Å²) in [5.41, 5.74) is 0.541. The summed E-state index contributed by atoms with van der Waals surface area (Å²) < 4.78 is 61.3. The van der Waals surface area contributed by atoms with Crippen LogP contribution in [0.3, 0.4) is 0 Å². The second kappa shape index (κ2) is 7.29. The fourth-order valence-corrected chi connectivity index (χ4v) is 3.04. The van der Waals surface area contributed by atoms with Crippen molar-refractivity contribution in [3.05, 3.63) is 64.7 Å². The molecule has 4 aromatic rings. The predicted octanol–water partition coefficient (Wildman–Crippen LogP) is 4.78. The van der Waals surface area contributed by atoms with Gasteiger partial charge in [0.05, 0.1) is 5.52 Å². The molecule has 30 heavy (non-hydrogen) atoms. The Hall–Kier alpha value is -3.69. The van der Waals surface area contributed by atoms with Crippen molar-refractivity contribution in [3.8, 4) is 28.6 Å². The number of nitrogens with zero attached hydrogens (tertiary/aromatic N) is 3.